The number of hydrogen-bond acceptors (Lipinski definition) is 4. The summed E-state index contributed by atoms with van der Waals surface area (Å²) >= 11 is 1.30. The maximum atomic E-state index is 11.8. The SMILES string of the molecule is C/C(=C/C(=O)O)C(=O)Nc1nc(-c2ccc(C)cc2)cs1. The summed E-state index contributed by atoms with van der Waals surface area (Å²) in [5.41, 5.74) is 3.02. The molecule has 1 aromatic heterocycles. The predicted octanol–water partition coefficient (Wildman–Crippen LogP) is 3.09. The summed E-state index contributed by atoms with van der Waals surface area (Å²) < 4.78 is 0. The quantitative estimate of drug-likeness (QED) is 0.851. The molecule has 0 unspecified atom stereocenters. The Morgan fingerprint density at radius 3 is 2.57 bits per heavy atom. The molecule has 0 fully saturated rings. The van der Waals surface area contributed by atoms with Crippen LogP contribution >= 0.6 is 11.3 Å². The monoisotopic (exact) mass is 302 g/mol. The maximum Gasteiger partial charge on any atom is 0.328 e. The number of aromatic nitrogens is 1. The molecule has 0 atom stereocenters. The zero-order valence-electron chi connectivity index (χ0n) is 11.6. The van der Waals surface area contributed by atoms with Gasteiger partial charge in [-0.2, -0.15) is 0 Å². The second-order valence-corrected chi connectivity index (χ2v) is 5.38. The minimum absolute atomic E-state index is 0.120. The molecule has 1 aromatic carbocycles. The summed E-state index contributed by atoms with van der Waals surface area (Å²) in [6.45, 7) is 3.45. The molecule has 6 heteroatoms. The number of carboxylic acids is 1. The van der Waals surface area contributed by atoms with E-state index in [-0.39, 0.29) is 5.57 Å². The van der Waals surface area contributed by atoms with Gasteiger partial charge in [0, 0.05) is 22.6 Å². The molecular weight excluding hydrogens is 288 g/mol. The van der Waals surface area contributed by atoms with Crippen molar-refractivity contribution in [3.8, 4) is 11.3 Å². The first-order valence-electron chi connectivity index (χ1n) is 6.21. The average molecular weight is 302 g/mol. The van der Waals surface area contributed by atoms with Crippen LogP contribution in [0.3, 0.4) is 0 Å². The highest BCUT2D eigenvalue weighted by molar-refractivity contribution is 7.14. The van der Waals surface area contributed by atoms with Gasteiger partial charge in [0.25, 0.3) is 5.91 Å². The molecular formula is C15H14N2O3S. The van der Waals surface area contributed by atoms with E-state index in [0.717, 1.165) is 22.9 Å². The molecule has 21 heavy (non-hydrogen) atoms. The lowest BCUT2D eigenvalue weighted by Crippen LogP contribution is -2.13. The second-order valence-electron chi connectivity index (χ2n) is 4.52. The van der Waals surface area contributed by atoms with Crippen molar-refractivity contribution >= 4 is 28.3 Å². The van der Waals surface area contributed by atoms with Crippen LogP contribution in [-0.4, -0.2) is 22.0 Å². The van der Waals surface area contributed by atoms with E-state index in [9.17, 15) is 9.59 Å². The number of amides is 1. The van der Waals surface area contributed by atoms with Crippen LogP contribution in [-0.2, 0) is 9.59 Å². The second kappa shape index (κ2) is 6.32. The molecule has 0 bridgehead atoms. The van der Waals surface area contributed by atoms with Crippen LogP contribution in [0, 0.1) is 6.92 Å². The number of thiazole rings is 1. The number of carboxylic acid groups (broad SMARTS) is 1. The number of rotatable bonds is 4. The van der Waals surface area contributed by atoms with Crippen molar-refractivity contribution < 1.29 is 14.7 Å². The third kappa shape index (κ3) is 4.00. The van der Waals surface area contributed by atoms with Gasteiger partial charge in [0.1, 0.15) is 0 Å². The highest BCUT2D eigenvalue weighted by Crippen LogP contribution is 2.25. The Morgan fingerprint density at radius 2 is 1.95 bits per heavy atom. The zero-order chi connectivity index (χ0) is 15.4. The highest BCUT2D eigenvalue weighted by Gasteiger charge is 2.10. The van der Waals surface area contributed by atoms with Crippen molar-refractivity contribution in [2.45, 2.75) is 13.8 Å². The van der Waals surface area contributed by atoms with Crippen molar-refractivity contribution in [2.75, 3.05) is 5.32 Å². The summed E-state index contributed by atoms with van der Waals surface area (Å²) in [6.07, 6.45) is 0.865. The summed E-state index contributed by atoms with van der Waals surface area (Å²) in [5, 5.41) is 13.5. The van der Waals surface area contributed by atoms with Gasteiger partial charge in [-0.1, -0.05) is 29.8 Å². The fourth-order valence-corrected chi connectivity index (χ4v) is 2.35. The Hall–Kier alpha value is -2.47. The van der Waals surface area contributed by atoms with Gasteiger partial charge >= 0.3 is 5.97 Å². The van der Waals surface area contributed by atoms with E-state index in [1.54, 1.807) is 0 Å². The van der Waals surface area contributed by atoms with E-state index in [1.807, 2.05) is 36.6 Å². The molecule has 1 heterocycles. The molecule has 1 amide bonds. The molecule has 0 aliphatic heterocycles. The van der Waals surface area contributed by atoms with Crippen molar-refractivity contribution in [2.24, 2.45) is 0 Å². The van der Waals surface area contributed by atoms with Crippen LogP contribution in [0.2, 0.25) is 0 Å². The van der Waals surface area contributed by atoms with Gasteiger partial charge in [0.05, 0.1) is 5.69 Å². The Balaban J connectivity index is 2.12. The number of nitrogens with zero attached hydrogens (tertiary/aromatic N) is 1. The van der Waals surface area contributed by atoms with Crippen LogP contribution in [0.15, 0.2) is 41.3 Å². The minimum atomic E-state index is -1.15. The normalized spacial score (nSPS) is 11.2. The molecule has 2 aromatic rings. The molecule has 0 aliphatic carbocycles. The fourth-order valence-electron chi connectivity index (χ4n) is 1.63. The topological polar surface area (TPSA) is 79.3 Å². The summed E-state index contributed by atoms with van der Waals surface area (Å²) in [4.78, 5) is 26.6. The van der Waals surface area contributed by atoms with Crippen molar-refractivity contribution in [3.63, 3.8) is 0 Å². The van der Waals surface area contributed by atoms with E-state index in [2.05, 4.69) is 10.3 Å². The molecule has 0 spiro atoms. The van der Waals surface area contributed by atoms with E-state index in [4.69, 9.17) is 5.11 Å². The standard InChI is InChI=1S/C15H14N2O3S/c1-9-3-5-11(6-4-9)12-8-21-15(16-12)17-14(20)10(2)7-13(18)19/h3-8H,1-2H3,(H,18,19)(H,16,17,20)/b10-7-. The lowest BCUT2D eigenvalue weighted by Gasteiger charge is -2.00. The number of nitrogens with one attached hydrogen (secondary N) is 1. The van der Waals surface area contributed by atoms with Gasteiger partial charge in [-0.15, -0.1) is 11.3 Å². The van der Waals surface area contributed by atoms with Crippen molar-refractivity contribution in [1.29, 1.82) is 0 Å². The van der Waals surface area contributed by atoms with E-state index in [0.29, 0.717) is 5.13 Å². The van der Waals surface area contributed by atoms with Crippen LogP contribution in [0.1, 0.15) is 12.5 Å². The largest absolute Gasteiger partial charge is 0.478 e. The number of carbonyl (C=O) groups is 2. The lowest BCUT2D eigenvalue weighted by atomic mass is 10.1. The number of anilines is 1. The van der Waals surface area contributed by atoms with Gasteiger partial charge in [0.2, 0.25) is 0 Å². The number of benzene rings is 1. The Bertz CT molecular complexity index is 702. The van der Waals surface area contributed by atoms with E-state index >= 15 is 0 Å². The van der Waals surface area contributed by atoms with E-state index in [1.165, 1.54) is 18.3 Å². The summed E-state index contributed by atoms with van der Waals surface area (Å²) in [7, 11) is 0. The first-order valence-corrected chi connectivity index (χ1v) is 7.09. The molecule has 108 valence electrons. The Kier molecular flexibility index (Phi) is 4.49. The van der Waals surface area contributed by atoms with Gasteiger partial charge < -0.3 is 5.11 Å². The Morgan fingerprint density at radius 1 is 1.29 bits per heavy atom. The van der Waals surface area contributed by atoms with Crippen molar-refractivity contribution in [1.82, 2.24) is 4.98 Å². The number of hydrogen-bond donors (Lipinski definition) is 2. The molecule has 2 N–H and O–H groups in total. The number of carbonyl (C=O) groups excluding carboxylic acids is 1. The molecule has 0 aliphatic rings. The smallest absolute Gasteiger partial charge is 0.328 e. The predicted molar refractivity (Wildman–Crippen MR) is 82.3 cm³/mol. The third-order valence-corrected chi connectivity index (χ3v) is 3.53. The van der Waals surface area contributed by atoms with Gasteiger partial charge in [-0.3, -0.25) is 10.1 Å². The molecule has 2 rings (SSSR count). The molecule has 0 radical (unpaired) electrons. The van der Waals surface area contributed by atoms with E-state index < -0.39 is 11.9 Å². The average Bonchev–Trinajstić information content (AvgIpc) is 2.87. The van der Waals surface area contributed by atoms with Crippen LogP contribution < -0.4 is 5.32 Å². The highest BCUT2D eigenvalue weighted by atomic mass is 32.1. The minimum Gasteiger partial charge on any atom is -0.478 e. The molecule has 0 saturated heterocycles. The van der Waals surface area contributed by atoms with Crippen LogP contribution in [0.4, 0.5) is 5.13 Å². The van der Waals surface area contributed by atoms with Crippen LogP contribution in [0.25, 0.3) is 11.3 Å². The van der Waals surface area contributed by atoms with Crippen LogP contribution in [0.5, 0.6) is 0 Å². The lowest BCUT2D eigenvalue weighted by molar-refractivity contribution is -0.131. The first-order chi connectivity index (χ1) is 9.95. The fraction of sp³-hybridized carbons (Fsp3) is 0.133. The summed E-state index contributed by atoms with van der Waals surface area (Å²) in [6, 6.07) is 7.91. The Labute approximate surface area is 126 Å². The van der Waals surface area contributed by atoms with Gasteiger partial charge in [-0.25, -0.2) is 9.78 Å². The van der Waals surface area contributed by atoms with Gasteiger partial charge in [-0.05, 0) is 13.8 Å². The maximum absolute atomic E-state index is 11.8. The number of aliphatic carboxylic acids is 1. The van der Waals surface area contributed by atoms with Gasteiger partial charge in [0.15, 0.2) is 5.13 Å². The van der Waals surface area contributed by atoms with Crippen molar-refractivity contribution in [3.05, 3.63) is 46.9 Å². The molecule has 5 nitrogen and oxygen atoms in total. The zero-order valence-corrected chi connectivity index (χ0v) is 12.4. The number of aryl methyl sites for hydroxylation is 1. The first kappa shape index (κ1) is 14.9. The molecule has 0 saturated carbocycles. The third-order valence-electron chi connectivity index (χ3n) is 2.77. The summed E-state index contributed by atoms with van der Waals surface area (Å²) in [5.74, 6) is -1.62.